The van der Waals surface area contributed by atoms with Crippen LogP contribution in [0.2, 0.25) is 0 Å². The Morgan fingerprint density at radius 3 is 2.69 bits per heavy atom. The number of rotatable bonds is 7. The molecular weight excluding hydrogens is 446 g/mol. The molecule has 1 amide bonds. The summed E-state index contributed by atoms with van der Waals surface area (Å²) in [5, 5.41) is 12.6. The smallest absolute Gasteiger partial charge is 0.333 e. The number of nitrogens with zero attached hydrogens (tertiary/aromatic N) is 1. The van der Waals surface area contributed by atoms with Crippen molar-refractivity contribution in [3.05, 3.63) is 76.5 Å². The molecule has 1 aliphatic carbocycles. The van der Waals surface area contributed by atoms with E-state index in [1.165, 1.54) is 0 Å². The van der Waals surface area contributed by atoms with Gasteiger partial charge in [0.25, 0.3) is 5.91 Å². The number of hydrogen-bond acceptors (Lipinski definition) is 6. The maximum absolute atomic E-state index is 13.4. The van der Waals surface area contributed by atoms with E-state index < -0.39 is 11.4 Å². The van der Waals surface area contributed by atoms with E-state index in [9.17, 15) is 19.6 Å². The number of amides is 1. The van der Waals surface area contributed by atoms with Crippen LogP contribution >= 0.6 is 0 Å². The lowest BCUT2D eigenvalue weighted by Crippen LogP contribution is -2.32. The Balaban J connectivity index is 1.49. The summed E-state index contributed by atoms with van der Waals surface area (Å²) in [4.78, 5) is 40.2. The maximum Gasteiger partial charge on any atom is 0.333 e. The van der Waals surface area contributed by atoms with Gasteiger partial charge in [0.05, 0.1) is 23.7 Å². The van der Waals surface area contributed by atoms with Crippen LogP contribution in [-0.2, 0) is 19.7 Å². The van der Waals surface area contributed by atoms with Gasteiger partial charge in [-0.2, -0.15) is 5.26 Å². The van der Waals surface area contributed by atoms with Gasteiger partial charge in [0.15, 0.2) is 12.4 Å². The molecule has 0 atom stereocenters. The lowest BCUT2D eigenvalue weighted by molar-refractivity contribution is -0.139. The van der Waals surface area contributed by atoms with Crippen molar-refractivity contribution in [2.24, 2.45) is 0 Å². The predicted molar refractivity (Wildman–Crippen MR) is 129 cm³/mol. The number of nitriles is 1. The third kappa shape index (κ3) is 4.41. The van der Waals surface area contributed by atoms with Crippen molar-refractivity contribution in [1.82, 2.24) is 10.3 Å². The normalized spacial score (nSPS) is 13.4. The number of aromatic amines is 1. The van der Waals surface area contributed by atoms with Gasteiger partial charge in [-0.15, -0.1) is 0 Å². The molecular formula is C27H25N3O5. The average Bonchev–Trinajstić information content (AvgIpc) is 3.23. The molecule has 0 fully saturated rings. The minimum Gasteiger partial charge on any atom is -0.484 e. The van der Waals surface area contributed by atoms with E-state index in [4.69, 9.17) is 9.47 Å². The molecule has 0 spiro atoms. The van der Waals surface area contributed by atoms with Crippen molar-refractivity contribution in [2.75, 3.05) is 19.8 Å². The van der Waals surface area contributed by atoms with Crippen LogP contribution in [0, 0.1) is 11.3 Å². The molecule has 4 rings (SSSR count). The summed E-state index contributed by atoms with van der Waals surface area (Å²) in [7, 11) is 0. The molecule has 178 valence electrons. The van der Waals surface area contributed by atoms with Gasteiger partial charge in [0.2, 0.25) is 0 Å². The Hall–Kier alpha value is -4.38. The highest BCUT2D eigenvalue weighted by molar-refractivity contribution is 6.20. The van der Waals surface area contributed by atoms with E-state index in [1.807, 2.05) is 13.8 Å². The lowest BCUT2D eigenvalue weighted by Gasteiger charge is -2.32. The number of benzene rings is 2. The highest BCUT2D eigenvalue weighted by atomic mass is 16.5. The molecule has 8 nitrogen and oxygen atoms in total. The predicted octanol–water partition coefficient (Wildman–Crippen LogP) is 3.52. The monoisotopic (exact) mass is 471 g/mol. The first-order chi connectivity index (χ1) is 16.6. The summed E-state index contributed by atoms with van der Waals surface area (Å²) in [5.41, 5.74) is 3.75. The number of esters is 1. The number of aromatic nitrogens is 1. The number of carbonyl (C=O) groups is 3. The van der Waals surface area contributed by atoms with Crippen LogP contribution in [0.1, 0.15) is 53.5 Å². The summed E-state index contributed by atoms with van der Waals surface area (Å²) in [5.74, 6) is -0.514. The van der Waals surface area contributed by atoms with Gasteiger partial charge in [-0.05, 0) is 42.8 Å². The minimum atomic E-state index is -0.542. The van der Waals surface area contributed by atoms with Crippen LogP contribution < -0.4 is 10.1 Å². The van der Waals surface area contributed by atoms with Crippen molar-refractivity contribution in [3.8, 4) is 11.8 Å². The van der Waals surface area contributed by atoms with Crippen molar-refractivity contribution in [1.29, 1.82) is 5.26 Å². The van der Waals surface area contributed by atoms with Gasteiger partial charge in [-0.1, -0.05) is 26.5 Å². The molecule has 35 heavy (non-hydrogen) atoms. The zero-order valence-electron chi connectivity index (χ0n) is 19.8. The summed E-state index contributed by atoms with van der Waals surface area (Å²) in [6, 6.07) is 12.5. The Morgan fingerprint density at radius 1 is 1.20 bits per heavy atom. The molecule has 2 N–H and O–H groups in total. The quantitative estimate of drug-likeness (QED) is 0.309. The molecule has 0 radical (unpaired) electrons. The number of ether oxygens (including phenoxy) is 2. The highest BCUT2D eigenvalue weighted by Crippen LogP contribution is 2.44. The second-order valence-corrected chi connectivity index (χ2v) is 8.96. The molecule has 0 unspecified atom stereocenters. The topological polar surface area (TPSA) is 121 Å². The Bertz CT molecular complexity index is 1420. The average molecular weight is 472 g/mol. The fourth-order valence-corrected chi connectivity index (χ4v) is 4.23. The number of nitrogens with one attached hydrogen (secondary N) is 2. The lowest BCUT2D eigenvalue weighted by atomic mass is 9.71. The van der Waals surface area contributed by atoms with Gasteiger partial charge in [-0.3, -0.25) is 9.59 Å². The summed E-state index contributed by atoms with van der Waals surface area (Å²) in [6.07, 6.45) is 0. The maximum atomic E-state index is 13.4. The largest absolute Gasteiger partial charge is 0.484 e. The second kappa shape index (κ2) is 9.11. The molecule has 0 aliphatic heterocycles. The second-order valence-electron chi connectivity index (χ2n) is 8.96. The number of ketones is 1. The van der Waals surface area contributed by atoms with Crippen molar-refractivity contribution >= 4 is 28.6 Å². The van der Waals surface area contributed by atoms with E-state index in [0.29, 0.717) is 28.0 Å². The first kappa shape index (κ1) is 23.8. The van der Waals surface area contributed by atoms with E-state index in [-0.39, 0.29) is 31.4 Å². The highest BCUT2D eigenvalue weighted by Gasteiger charge is 2.39. The van der Waals surface area contributed by atoms with Crippen LogP contribution in [0.25, 0.3) is 10.9 Å². The Labute approximate surface area is 202 Å². The van der Waals surface area contributed by atoms with Crippen LogP contribution in [0.4, 0.5) is 0 Å². The molecule has 1 heterocycles. The fourth-order valence-electron chi connectivity index (χ4n) is 4.23. The van der Waals surface area contributed by atoms with Gasteiger partial charge >= 0.3 is 5.97 Å². The summed E-state index contributed by atoms with van der Waals surface area (Å²) >= 11 is 0. The number of fused-ring (bicyclic) bond motifs is 4. The van der Waals surface area contributed by atoms with Gasteiger partial charge in [0, 0.05) is 33.1 Å². The zero-order chi connectivity index (χ0) is 25.3. The van der Waals surface area contributed by atoms with Crippen LogP contribution in [0.5, 0.6) is 5.75 Å². The standard InChI is InChI=1S/C27H25N3O5/c1-15(2)26(33)34-10-9-29-22(31)14-35-17-6-8-18-20(12-17)27(3,4)25-23(24(18)32)19-7-5-16(13-28)11-21(19)30-25/h5-8,11-12,30H,1,9-10,14H2,2-4H3,(H,29,31). The van der Waals surface area contributed by atoms with E-state index >= 15 is 0 Å². The van der Waals surface area contributed by atoms with Crippen LogP contribution in [-0.4, -0.2) is 42.4 Å². The zero-order valence-corrected chi connectivity index (χ0v) is 19.8. The van der Waals surface area contributed by atoms with E-state index in [0.717, 1.165) is 22.2 Å². The van der Waals surface area contributed by atoms with Crippen molar-refractivity contribution in [2.45, 2.75) is 26.2 Å². The number of hydrogen-bond donors (Lipinski definition) is 2. The first-order valence-electron chi connectivity index (χ1n) is 11.1. The number of carbonyl (C=O) groups excluding carboxylic acids is 3. The fraction of sp³-hybridized carbons (Fsp3) is 0.259. The van der Waals surface area contributed by atoms with Gasteiger partial charge in [-0.25, -0.2) is 4.79 Å². The molecule has 3 aromatic rings. The minimum absolute atomic E-state index is 0.0370. The summed E-state index contributed by atoms with van der Waals surface area (Å²) < 4.78 is 10.6. The Morgan fingerprint density at radius 2 is 1.97 bits per heavy atom. The third-order valence-corrected chi connectivity index (χ3v) is 6.06. The van der Waals surface area contributed by atoms with Crippen molar-refractivity contribution in [3.63, 3.8) is 0 Å². The molecule has 0 saturated carbocycles. The van der Waals surface area contributed by atoms with Crippen LogP contribution in [0.15, 0.2) is 48.6 Å². The van der Waals surface area contributed by atoms with Crippen LogP contribution in [0.3, 0.4) is 0 Å². The molecule has 8 heteroatoms. The number of H-pyrrole nitrogens is 1. The third-order valence-electron chi connectivity index (χ3n) is 6.06. The van der Waals surface area contributed by atoms with E-state index in [2.05, 4.69) is 22.9 Å². The molecule has 1 aromatic heterocycles. The van der Waals surface area contributed by atoms with E-state index in [1.54, 1.807) is 43.3 Å². The Kier molecular flexibility index (Phi) is 6.18. The van der Waals surface area contributed by atoms with Gasteiger partial charge < -0.3 is 19.8 Å². The van der Waals surface area contributed by atoms with Gasteiger partial charge in [0.1, 0.15) is 12.4 Å². The molecule has 2 aromatic carbocycles. The SMILES string of the molecule is C=C(C)C(=O)OCCNC(=O)COc1ccc2c(c1)C(C)(C)c1[nH]c3cc(C#N)ccc3c1C2=O. The molecule has 1 aliphatic rings. The molecule has 0 bridgehead atoms. The molecule has 0 saturated heterocycles. The van der Waals surface area contributed by atoms with Crippen molar-refractivity contribution < 1.29 is 23.9 Å². The summed E-state index contributed by atoms with van der Waals surface area (Å²) in [6.45, 7) is 9.03. The first-order valence-corrected chi connectivity index (χ1v) is 11.1.